The van der Waals surface area contributed by atoms with E-state index in [1.165, 1.54) is 0 Å². The minimum atomic E-state index is -5.25. The topological polar surface area (TPSA) is 81.7 Å². The van der Waals surface area contributed by atoms with E-state index in [-0.39, 0.29) is 0 Å². The second kappa shape index (κ2) is 6.45. The van der Waals surface area contributed by atoms with Crippen LogP contribution in [0.4, 0.5) is 13.2 Å². The Morgan fingerprint density at radius 3 is 2.33 bits per heavy atom. The number of alkyl halides is 3. The molecular formula is C15H18F3NO5. The first-order chi connectivity index (χ1) is 11.1. The molecule has 1 N–H and O–H groups in total. The molecule has 2 aliphatic rings. The number of hydrogen-bond acceptors (Lipinski definition) is 5. The molecule has 6 nitrogen and oxygen atoms in total. The van der Waals surface area contributed by atoms with Crippen molar-refractivity contribution < 1.29 is 37.0 Å². The number of cyclic esters (lactones) is 1. The number of allylic oxidation sites excluding steroid dienone is 1. The summed E-state index contributed by atoms with van der Waals surface area (Å²) >= 11 is 0. The lowest BCUT2D eigenvalue weighted by molar-refractivity contribution is -0.200. The first-order valence-corrected chi connectivity index (χ1v) is 7.56. The molecule has 1 unspecified atom stereocenters. The van der Waals surface area contributed by atoms with E-state index in [1.807, 2.05) is 0 Å². The maximum atomic E-state index is 13.8. The third kappa shape index (κ3) is 2.87. The molecule has 1 heterocycles. The smallest absolute Gasteiger partial charge is 0.427 e. The minimum Gasteiger partial charge on any atom is -0.465 e. The Hall–Kier alpha value is -2.06. The lowest BCUT2D eigenvalue weighted by Crippen LogP contribution is -2.65. The minimum absolute atomic E-state index is 0.436. The molecule has 1 fully saturated rings. The normalized spacial score (nSPS) is 25.5. The van der Waals surface area contributed by atoms with E-state index in [1.54, 1.807) is 5.32 Å². The van der Waals surface area contributed by atoms with Crippen molar-refractivity contribution in [2.45, 2.75) is 50.7 Å². The van der Waals surface area contributed by atoms with Crippen molar-refractivity contribution in [3.8, 4) is 0 Å². The van der Waals surface area contributed by atoms with Crippen LogP contribution in [-0.2, 0) is 23.9 Å². The molecule has 0 spiro atoms. The Morgan fingerprint density at radius 1 is 1.25 bits per heavy atom. The Kier molecular flexibility index (Phi) is 4.91. The zero-order valence-electron chi connectivity index (χ0n) is 13.3. The summed E-state index contributed by atoms with van der Waals surface area (Å²) in [4.78, 5) is 36.1. The van der Waals surface area contributed by atoms with Crippen LogP contribution in [0.15, 0.2) is 11.3 Å². The van der Waals surface area contributed by atoms with Crippen LogP contribution < -0.4 is 5.32 Å². The van der Waals surface area contributed by atoms with Crippen molar-refractivity contribution in [2.75, 3.05) is 7.11 Å². The number of esters is 2. The lowest BCUT2D eigenvalue weighted by Gasteiger charge is -2.32. The van der Waals surface area contributed by atoms with E-state index in [2.05, 4.69) is 9.47 Å². The summed E-state index contributed by atoms with van der Waals surface area (Å²) in [5.41, 5.74) is -4.56. The standard InChI is InChI=1S/C15H18F3NO5/c1-8-10(12(21)23-2)14(13(22)24-8,15(16,17)18)19-11(20)9-6-4-3-5-7-9/h9H,3-7H2,1-2H3,(H,19,20). The lowest BCUT2D eigenvalue weighted by atomic mass is 9.85. The molecular weight excluding hydrogens is 331 g/mol. The second-order valence-corrected chi connectivity index (χ2v) is 5.88. The van der Waals surface area contributed by atoms with Gasteiger partial charge in [-0.3, -0.25) is 4.79 Å². The number of rotatable bonds is 3. The molecule has 0 saturated heterocycles. The number of ether oxygens (including phenoxy) is 2. The summed E-state index contributed by atoms with van der Waals surface area (Å²) in [5.74, 6) is -5.21. The van der Waals surface area contributed by atoms with Gasteiger partial charge in [-0.25, -0.2) is 9.59 Å². The molecule has 1 atom stereocenters. The van der Waals surface area contributed by atoms with Crippen molar-refractivity contribution in [1.29, 1.82) is 0 Å². The van der Waals surface area contributed by atoms with Crippen molar-refractivity contribution in [2.24, 2.45) is 5.92 Å². The van der Waals surface area contributed by atoms with Gasteiger partial charge in [0.2, 0.25) is 5.91 Å². The summed E-state index contributed by atoms with van der Waals surface area (Å²) in [6, 6.07) is 0. The molecule has 134 valence electrons. The van der Waals surface area contributed by atoms with Gasteiger partial charge in [-0.2, -0.15) is 13.2 Å². The van der Waals surface area contributed by atoms with Crippen LogP contribution in [0.1, 0.15) is 39.0 Å². The molecule has 2 rings (SSSR count). The SMILES string of the molecule is COC(=O)C1=C(C)OC(=O)C1(NC(=O)C1CCCCC1)C(F)(F)F. The fraction of sp³-hybridized carbons (Fsp3) is 0.667. The van der Waals surface area contributed by atoms with E-state index < -0.39 is 46.8 Å². The molecule has 0 aromatic heterocycles. The average molecular weight is 349 g/mol. The second-order valence-electron chi connectivity index (χ2n) is 5.88. The van der Waals surface area contributed by atoms with Crippen molar-refractivity contribution in [3.63, 3.8) is 0 Å². The fourth-order valence-corrected chi connectivity index (χ4v) is 3.13. The fourth-order valence-electron chi connectivity index (χ4n) is 3.13. The largest absolute Gasteiger partial charge is 0.465 e. The van der Waals surface area contributed by atoms with E-state index in [0.29, 0.717) is 12.8 Å². The molecule has 1 aliphatic carbocycles. The highest BCUT2D eigenvalue weighted by molar-refractivity contribution is 6.07. The summed E-state index contributed by atoms with van der Waals surface area (Å²) < 4.78 is 50.2. The van der Waals surface area contributed by atoms with Gasteiger partial charge in [0.25, 0.3) is 5.54 Å². The van der Waals surface area contributed by atoms with E-state index in [4.69, 9.17) is 0 Å². The van der Waals surface area contributed by atoms with Crippen LogP contribution in [0.2, 0.25) is 0 Å². The molecule has 0 aromatic carbocycles. The van der Waals surface area contributed by atoms with Crippen LogP contribution in [0, 0.1) is 5.92 Å². The Balaban J connectivity index is 2.44. The molecule has 9 heteroatoms. The van der Waals surface area contributed by atoms with Gasteiger partial charge in [0.1, 0.15) is 11.3 Å². The van der Waals surface area contributed by atoms with Gasteiger partial charge in [-0.15, -0.1) is 0 Å². The maximum absolute atomic E-state index is 13.8. The quantitative estimate of drug-likeness (QED) is 0.788. The van der Waals surface area contributed by atoms with Gasteiger partial charge in [-0.1, -0.05) is 19.3 Å². The number of hydrogen-bond donors (Lipinski definition) is 1. The molecule has 0 bridgehead atoms. The van der Waals surface area contributed by atoms with Gasteiger partial charge in [0.15, 0.2) is 0 Å². The van der Waals surface area contributed by atoms with Crippen LogP contribution in [0.5, 0.6) is 0 Å². The van der Waals surface area contributed by atoms with Crippen molar-refractivity contribution in [3.05, 3.63) is 11.3 Å². The van der Waals surface area contributed by atoms with Gasteiger partial charge in [0, 0.05) is 5.92 Å². The Labute approximate surface area is 136 Å². The van der Waals surface area contributed by atoms with Crippen molar-refractivity contribution in [1.82, 2.24) is 5.32 Å². The highest BCUT2D eigenvalue weighted by Gasteiger charge is 2.71. The van der Waals surface area contributed by atoms with Crippen LogP contribution in [-0.4, -0.2) is 36.7 Å². The number of carbonyl (C=O) groups excluding carboxylic acids is 3. The molecule has 0 aromatic rings. The Bertz CT molecular complexity index is 592. The van der Waals surface area contributed by atoms with E-state index >= 15 is 0 Å². The predicted octanol–water partition coefficient (Wildman–Crippen LogP) is 1.99. The van der Waals surface area contributed by atoms with Crippen LogP contribution >= 0.6 is 0 Å². The average Bonchev–Trinajstić information content (AvgIpc) is 2.78. The zero-order valence-corrected chi connectivity index (χ0v) is 13.3. The number of amides is 1. The number of nitrogens with one attached hydrogen (secondary N) is 1. The zero-order chi connectivity index (χ0) is 18.1. The van der Waals surface area contributed by atoms with Gasteiger partial charge >= 0.3 is 18.1 Å². The van der Waals surface area contributed by atoms with Gasteiger partial charge in [-0.05, 0) is 19.8 Å². The third-order valence-corrected chi connectivity index (χ3v) is 4.38. The molecule has 1 saturated carbocycles. The Morgan fingerprint density at radius 2 is 1.83 bits per heavy atom. The number of carbonyl (C=O) groups is 3. The predicted molar refractivity (Wildman–Crippen MR) is 74.3 cm³/mol. The molecule has 1 amide bonds. The third-order valence-electron chi connectivity index (χ3n) is 4.38. The summed E-state index contributed by atoms with van der Waals surface area (Å²) in [7, 11) is 0.884. The maximum Gasteiger partial charge on any atom is 0.427 e. The first kappa shape index (κ1) is 18.3. The number of methoxy groups -OCH3 is 1. The van der Waals surface area contributed by atoms with Crippen LogP contribution in [0.25, 0.3) is 0 Å². The summed E-state index contributed by atoms with van der Waals surface area (Å²) in [5, 5.41) is 1.75. The van der Waals surface area contributed by atoms with Gasteiger partial charge in [0.05, 0.1) is 7.11 Å². The molecule has 0 radical (unpaired) electrons. The van der Waals surface area contributed by atoms with Gasteiger partial charge < -0.3 is 14.8 Å². The summed E-state index contributed by atoms with van der Waals surface area (Å²) in [6.45, 7) is 1.05. The van der Waals surface area contributed by atoms with Crippen molar-refractivity contribution >= 4 is 17.8 Å². The van der Waals surface area contributed by atoms with E-state index in [9.17, 15) is 27.6 Å². The highest BCUT2D eigenvalue weighted by Crippen LogP contribution is 2.44. The number of halogens is 3. The van der Waals surface area contributed by atoms with E-state index in [0.717, 1.165) is 33.3 Å². The molecule has 24 heavy (non-hydrogen) atoms. The van der Waals surface area contributed by atoms with Crippen LogP contribution in [0.3, 0.4) is 0 Å². The first-order valence-electron chi connectivity index (χ1n) is 7.56. The highest BCUT2D eigenvalue weighted by atomic mass is 19.4. The summed E-state index contributed by atoms with van der Waals surface area (Å²) in [6.07, 6.45) is -2.03. The molecule has 1 aliphatic heterocycles. The monoisotopic (exact) mass is 349 g/mol.